The number of non-ortho nitro benzene ring substituents is 1. The summed E-state index contributed by atoms with van der Waals surface area (Å²) in [7, 11) is 0. The molecule has 1 saturated carbocycles. The molecule has 3 aromatic rings. The number of carbonyl (C=O) groups is 2. The van der Waals surface area contributed by atoms with Gasteiger partial charge >= 0.3 is 0 Å². The Labute approximate surface area is 204 Å². The van der Waals surface area contributed by atoms with E-state index >= 15 is 0 Å². The molecule has 0 aliphatic heterocycles. The van der Waals surface area contributed by atoms with Crippen LogP contribution in [0.2, 0.25) is 10.0 Å². The van der Waals surface area contributed by atoms with E-state index in [1.807, 2.05) is 13.8 Å². The number of aromatic nitrogens is 2. The number of hydrogen-bond acceptors (Lipinski definition) is 6. The Balaban J connectivity index is 1.46. The molecule has 2 N–H and O–H groups in total. The summed E-state index contributed by atoms with van der Waals surface area (Å²) < 4.78 is 0. The third-order valence-electron chi connectivity index (χ3n) is 7.26. The van der Waals surface area contributed by atoms with Gasteiger partial charge in [-0.3, -0.25) is 30.6 Å². The van der Waals surface area contributed by atoms with Crippen LogP contribution in [0.3, 0.4) is 0 Å². The average Bonchev–Trinajstić information content (AvgIpc) is 3.18. The monoisotopic (exact) mass is 499 g/mol. The molecule has 0 radical (unpaired) electrons. The quantitative estimate of drug-likeness (QED) is 0.404. The van der Waals surface area contributed by atoms with Crippen LogP contribution in [0.25, 0.3) is 11.0 Å². The molecular weight excluding hydrogens is 481 g/mol. The average molecular weight is 500 g/mol. The van der Waals surface area contributed by atoms with Gasteiger partial charge in [-0.2, -0.15) is 0 Å². The van der Waals surface area contributed by atoms with Crippen LogP contribution < -0.4 is 10.9 Å². The highest BCUT2D eigenvalue weighted by molar-refractivity contribution is 6.42. The largest absolute Gasteiger partial charge is 0.272 e. The normalized spacial score (nSPS) is 21.8. The van der Waals surface area contributed by atoms with Gasteiger partial charge in [-0.15, -0.1) is 0 Å². The smallest absolute Gasteiger partial charge is 0.269 e. The van der Waals surface area contributed by atoms with Gasteiger partial charge in [0.2, 0.25) is 0 Å². The van der Waals surface area contributed by atoms with Crippen molar-refractivity contribution in [2.45, 2.75) is 38.0 Å². The minimum absolute atomic E-state index is 0.0185. The molecule has 2 aliphatic carbocycles. The molecular formula is C23H19Cl2N5O4. The molecule has 9 nitrogen and oxygen atoms in total. The van der Waals surface area contributed by atoms with E-state index in [1.165, 1.54) is 24.3 Å². The Bertz CT molecular complexity index is 1390. The molecule has 34 heavy (non-hydrogen) atoms. The van der Waals surface area contributed by atoms with Crippen molar-refractivity contribution in [3.63, 3.8) is 0 Å². The maximum Gasteiger partial charge on any atom is 0.269 e. The zero-order valence-electron chi connectivity index (χ0n) is 18.2. The summed E-state index contributed by atoms with van der Waals surface area (Å²) >= 11 is 12.3. The predicted octanol–water partition coefficient (Wildman–Crippen LogP) is 4.46. The summed E-state index contributed by atoms with van der Waals surface area (Å²) in [6.45, 7) is 4.02. The minimum Gasteiger partial charge on any atom is -0.272 e. The van der Waals surface area contributed by atoms with E-state index in [9.17, 15) is 19.7 Å². The summed E-state index contributed by atoms with van der Waals surface area (Å²) in [6, 6.07) is 8.41. The van der Waals surface area contributed by atoms with Gasteiger partial charge in [0.15, 0.2) is 0 Å². The number of nitrogens with zero attached hydrogens (tertiary/aromatic N) is 3. The number of halogens is 2. The third-order valence-corrected chi connectivity index (χ3v) is 7.99. The third kappa shape index (κ3) is 3.07. The number of nitro groups is 1. The molecule has 1 fully saturated rings. The number of nitrogens with one attached hydrogen (secondary N) is 2. The molecule has 1 heterocycles. The van der Waals surface area contributed by atoms with Crippen LogP contribution in [0, 0.1) is 15.5 Å². The first-order valence-electron chi connectivity index (χ1n) is 10.6. The van der Waals surface area contributed by atoms with E-state index in [0.29, 0.717) is 33.2 Å². The SMILES string of the molecule is CC1(C)C2CCC1(C(=O)NNC(=O)c1ccc([N+](=O)[O-])cc1)c1nc3cc(Cl)c(Cl)cc3nc12. The van der Waals surface area contributed by atoms with Gasteiger partial charge in [0.1, 0.15) is 5.41 Å². The van der Waals surface area contributed by atoms with Crippen LogP contribution >= 0.6 is 23.2 Å². The summed E-state index contributed by atoms with van der Waals surface area (Å²) in [5.41, 5.74) is 6.03. The van der Waals surface area contributed by atoms with Crippen molar-refractivity contribution in [3.05, 3.63) is 73.5 Å². The van der Waals surface area contributed by atoms with Crippen molar-refractivity contribution in [3.8, 4) is 0 Å². The van der Waals surface area contributed by atoms with Gasteiger partial charge in [-0.1, -0.05) is 37.0 Å². The second kappa shape index (κ2) is 7.61. The zero-order valence-corrected chi connectivity index (χ0v) is 19.7. The van der Waals surface area contributed by atoms with Crippen molar-refractivity contribution >= 4 is 51.7 Å². The minimum atomic E-state index is -0.997. The first-order valence-corrected chi connectivity index (χ1v) is 11.3. The molecule has 2 bridgehead atoms. The highest BCUT2D eigenvalue weighted by Crippen LogP contribution is 2.67. The van der Waals surface area contributed by atoms with E-state index < -0.39 is 21.7 Å². The molecule has 2 amide bonds. The van der Waals surface area contributed by atoms with Gasteiger partial charge in [-0.25, -0.2) is 9.97 Å². The van der Waals surface area contributed by atoms with E-state index in [-0.39, 0.29) is 23.1 Å². The van der Waals surface area contributed by atoms with Crippen LogP contribution in [-0.2, 0) is 10.2 Å². The number of carbonyl (C=O) groups excluding carboxylic acids is 2. The van der Waals surface area contributed by atoms with E-state index in [1.54, 1.807) is 12.1 Å². The number of hydrazine groups is 1. The Morgan fingerprint density at radius 2 is 1.68 bits per heavy atom. The molecule has 0 saturated heterocycles. The summed E-state index contributed by atoms with van der Waals surface area (Å²) in [6.07, 6.45) is 1.31. The van der Waals surface area contributed by atoms with Gasteiger partial charge in [0.25, 0.3) is 17.5 Å². The van der Waals surface area contributed by atoms with E-state index in [4.69, 9.17) is 33.2 Å². The van der Waals surface area contributed by atoms with E-state index in [2.05, 4.69) is 10.9 Å². The first-order chi connectivity index (χ1) is 16.1. The lowest BCUT2D eigenvalue weighted by Gasteiger charge is -2.36. The second-order valence-electron chi connectivity index (χ2n) is 9.14. The topological polar surface area (TPSA) is 127 Å². The molecule has 1 aromatic heterocycles. The lowest BCUT2D eigenvalue weighted by Crippen LogP contribution is -2.54. The highest BCUT2D eigenvalue weighted by atomic mass is 35.5. The number of amides is 2. The summed E-state index contributed by atoms with van der Waals surface area (Å²) in [5.74, 6) is -0.955. The standard InChI is InChI=1S/C23H19Cl2N5O4/c1-22(2)13-7-8-23(22,19-18(13)26-16-9-14(24)15(25)10-17(16)27-19)21(32)29-28-20(31)11-3-5-12(6-4-11)30(33)34/h3-6,9-10,13H,7-8H2,1-2H3,(H,28,31)(H,29,32). The Morgan fingerprint density at radius 3 is 2.29 bits per heavy atom. The molecule has 2 aromatic carbocycles. The van der Waals surface area contributed by atoms with Gasteiger partial charge < -0.3 is 0 Å². The molecule has 0 spiro atoms. The lowest BCUT2D eigenvalue weighted by atomic mass is 9.68. The number of nitro benzene ring substituents is 1. The number of fused-ring (bicyclic) bond motifs is 6. The number of hydrogen-bond donors (Lipinski definition) is 2. The zero-order chi connectivity index (χ0) is 24.4. The molecule has 2 aliphatic rings. The van der Waals surface area contributed by atoms with Crippen LogP contribution in [0.15, 0.2) is 36.4 Å². The van der Waals surface area contributed by atoms with Crippen molar-refractivity contribution in [2.24, 2.45) is 5.41 Å². The van der Waals surface area contributed by atoms with Crippen molar-refractivity contribution in [1.82, 2.24) is 20.8 Å². The highest BCUT2D eigenvalue weighted by Gasteiger charge is 2.68. The molecule has 2 atom stereocenters. The van der Waals surface area contributed by atoms with Gasteiger partial charge in [0.05, 0.1) is 37.4 Å². The number of rotatable bonds is 3. The maximum absolute atomic E-state index is 13.6. The molecule has 174 valence electrons. The van der Waals surface area contributed by atoms with Crippen LogP contribution in [0.5, 0.6) is 0 Å². The predicted molar refractivity (Wildman–Crippen MR) is 126 cm³/mol. The first kappa shape index (κ1) is 22.5. The lowest BCUT2D eigenvalue weighted by molar-refractivity contribution is -0.384. The Kier molecular flexibility index (Phi) is 5.03. The van der Waals surface area contributed by atoms with Crippen molar-refractivity contribution in [1.29, 1.82) is 0 Å². The molecule has 11 heteroatoms. The summed E-state index contributed by atoms with van der Waals surface area (Å²) in [4.78, 5) is 46.0. The van der Waals surface area contributed by atoms with Crippen molar-refractivity contribution < 1.29 is 14.5 Å². The fraction of sp³-hybridized carbons (Fsp3) is 0.304. The molecule has 2 unspecified atom stereocenters. The van der Waals surface area contributed by atoms with Gasteiger partial charge in [-0.05, 0) is 42.5 Å². The van der Waals surface area contributed by atoms with E-state index in [0.717, 1.165) is 12.1 Å². The fourth-order valence-electron chi connectivity index (χ4n) is 5.41. The second-order valence-corrected chi connectivity index (χ2v) is 9.96. The maximum atomic E-state index is 13.6. The molecule has 5 rings (SSSR count). The Hall–Kier alpha value is -3.30. The van der Waals surface area contributed by atoms with Crippen LogP contribution in [0.1, 0.15) is 54.4 Å². The summed E-state index contributed by atoms with van der Waals surface area (Å²) in [5, 5.41) is 11.5. The van der Waals surface area contributed by atoms with Crippen molar-refractivity contribution in [2.75, 3.05) is 0 Å². The van der Waals surface area contributed by atoms with Crippen LogP contribution in [0.4, 0.5) is 5.69 Å². The Morgan fingerprint density at radius 1 is 1.06 bits per heavy atom. The fourth-order valence-corrected chi connectivity index (χ4v) is 5.72. The van der Waals surface area contributed by atoms with Crippen LogP contribution in [-0.4, -0.2) is 26.7 Å². The van der Waals surface area contributed by atoms with Gasteiger partial charge in [0, 0.05) is 23.6 Å². The number of benzene rings is 2.